The van der Waals surface area contributed by atoms with Gasteiger partial charge in [0.25, 0.3) is 0 Å². The van der Waals surface area contributed by atoms with Crippen LogP contribution in [0.1, 0.15) is 36.1 Å². The van der Waals surface area contributed by atoms with Gasteiger partial charge in [-0.05, 0) is 30.5 Å². The molecule has 1 aliphatic carbocycles. The number of nitrogens with zero attached hydrogens (tertiary/aromatic N) is 2. The van der Waals surface area contributed by atoms with Crippen LogP contribution in [-0.4, -0.2) is 34.3 Å². The maximum atomic E-state index is 9.51. The maximum Gasteiger partial charge on any atom is 0.222 e. The van der Waals surface area contributed by atoms with Crippen LogP contribution in [-0.2, 0) is 0 Å². The summed E-state index contributed by atoms with van der Waals surface area (Å²) in [4.78, 5) is 8.62. The fourth-order valence-electron chi connectivity index (χ4n) is 3.60. The van der Waals surface area contributed by atoms with Gasteiger partial charge in [-0.15, -0.1) is 0 Å². The number of aliphatic hydroxyl groups excluding tert-OH is 1. The van der Waals surface area contributed by atoms with Crippen LogP contribution in [0.15, 0.2) is 30.3 Å². The van der Waals surface area contributed by atoms with Gasteiger partial charge in [-0.25, -0.2) is 10.4 Å². The quantitative estimate of drug-likeness (QED) is 0.543. The van der Waals surface area contributed by atoms with E-state index in [1.165, 1.54) is 5.56 Å². The number of hydrazine groups is 1. The summed E-state index contributed by atoms with van der Waals surface area (Å²) in [5.74, 6) is 1.62. The number of aliphatic hydroxyl groups is 1. The molecule has 0 spiro atoms. The number of halogens is 1. The van der Waals surface area contributed by atoms with Gasteiger partial charge >= 0.3 is 0 Å². The Labute approximate surface area is 157 Å². The standard InChI is InChI=1S/C18H23ClN6O/c19-13-3-1-10(2-4-13)17-12(9-22-25-17)8-21-16-7-15(23-18(20)24-16)11-5-14(26)6-11/h1-4,7,11-12,14,17,22,25-26H,5-6,8-9H2,(H3,20,21,23,24). The summed E-state index contributed by atoms with van der Waals surface area (Å²) < 4.78 is 0. The van der Waals surface area contributed by atoms with Crippen LogP contribution in [0.3, 0.4) is 0 Å². The molecule has 1 saturated carbocycles. The predicted molar refractivity (Wildman–Crippen MR) is 102 cm³/mol. The molecule has 2 aromatic rings. The molecule has 1 aromatic heterocycles. The lowest BCUT2D eigenvalue weighted by Gasteiger charge is -2.31. The molecule has 138 valence electrons. The molecule has 2 unspecified atom stereocenters. The molecule has 2 atom stereocenters. The second kappa shape index (κ2) is 7.36. The van der Waals surface area contributed by atoms with Crippen molar-refractivity contribution in [3.63, 3.8) is 0 Å². The zero-order valence-electron chi connectivity index (χ0n) is 14.3. The lowest BCUT2D eigenvalue weighted by molar-refractivity contribution is 0.0732. The summed E-state index contributed by atoms with van der Waals surface area (Å²) in [6, 6.07) is 10.0. The van der Waals surface area contributed by atoms with Crippen molar-refractivity contribution in [1.82, 2.24) is 20.8 Å². The molecule has 0 radical (unpaired) electrons. The maximum absolute atomic E-state index is 9.51. The van der Waals surface area contributed by atoms with E-state index >= 15 is 0 Å². The van der Waals surface area contributed by atoms with Gasteiger partial charge in [0.15, 0.2) is 0 Å². The van der Waals surface area contributed by atoms with Crippen molar-refractivity contribution in [1.29, 1.82) is 0 Å². The molecule has 4 rings (SSSR count). The molecular formula is C18H23ClN6O. The van der Waals surface area contributed by atoms with Crippen LogP contribution < -0.4 is 21.9 Å². The fourth-order valence-corrected chi connectivity index (χ4v) is 3.73. The van der Waals surface area contributed by atoms with E-state index in [0.29, 0.717) is 5.92 Å². The van der Waals surface area contributed by atoms with Gasteiger partial charge in [0.05, 0.1) is 17.8 Å². The summed E-state index contributed by atoms with van der Waals surface area (Å²) in [6.07, 6.45) is 1.26. The van der Waals surface area contributed by atoms with Gasteiger partial charge in [0.2, 0.25) is 5.95 Å². The number of rotatable bonds is 5. The molecule has 26 heavy (non-hydrogen) atoms. The van der Waals surface area contributed by atoms with Crippen molar-refractivity contribution in [2.75, 3.05) is 24.1 Å². The summed E-state index contributed by atoms with van der Waals surface area (Å²) in [5.41, 5.74) is 14.5. The van der Waals surface area contributed by atoms with E-state index in [4.69, 9.17) is 17.3 Å². The van der Waals surface area contributed by atoms with Crippen molar-refractivity contribution in [3.8, 4) is 0 Å². The first-order valence-corrected chi connectivity index (χ1v) is 9.26. The topological polar surface area (TPSA) is 108 Å². The number of hydrogen-bond donors (Lipinski definition) is 5. The number of nitrogen functional groups attached to an aromatic ring is 1. The van der Waals surface area contributed by atoms with E-state index < -0.39 is 0 Å². The lowest BCUT2D eigenvalue weighted by atomic mass is 9.80. The van der Waals surface area contributed by atoms with Gasteiger partial charge in [0, 0.05) is 36.0 Å². The Bertz CT molecular complexity index is 765. The van der Waals surface area contributed by atoms with E-state index in [-0.39, 0.29) is 24.0 Å². The van der Waals surface area contributed by atoms with Crippen LogP contribution >= 0.6 is 11.6 Å². The number of nitrogens with one attached hydrogen (secondary N) is 3. The van der Waals surface area contributed by atoms with Crippen LogP contribution in [0.25, 0.3) is 0 Å². The van der Waals surface area contributed by atoms with Crippen LogP contribution in [0.5, 0.6) is 0 Å². The summed E-state index contributed by atoms with van der Waals surface area (Å²) in [5, 5.41) is 13.6. The molecule has 2 aliphatic rings. The lowest BCUT2D eigenvalue weighted by Crippen LogP contribution is -2.28. The number of benzene rings is 1. The largest absolute Gasteiger partial charge is 0.393 e. The third-order valence-electron chi connectivity index (χ3n) is 5.16. The molecule has 1 aliphatic heterocycles. The molecule has 2 heterocycles. The average Bonchev–Trinajstić information content (AvgIpc) is 3.06. The number of anilines is 2. The molecule has 2 fully saturated rings. The Kier molecular flexibility index (Phi) is 4.95. The Morgan fingerprint density at radius 1 is 1.23 bits per heavy atom. The van der Waals surface area contributed by atoms with Crippen molar-refractivity contribution in [3.05, 3.63) is 46.6 Å². The van der Waals surface area contributed by atoms with Gasteiger partial charge < -0.3 is 16.2 Å². The fraction of sp³-hybridized carbons (Fsp3) is 0.444. The SMILES string of the molecule is Nc1nc(NCC2CNNC2c2ccc(Cl)cc2)cc(C2CC(O)C2)n1. The van der Waals surface area contributed by atoms with Crippen molar-refractivity contribution in [2.24, 2.45) is 5.92 Å². The smallest absolute Gasteiger partial charge is 0.222 e. The van der Waals surface area contributed by atoms with Crippen LogP contribution in [0, 0.1) is 5.92 Å². The van der Waals surface area contributed by atoms with E-state index in [1.807, 2.05) is 30.3 Å². The summed E-state index contributed by atoms with van der Waals surface area (Å²) >= 11 is 5.99. The molecule has 8 heteroatoms. The van der Waals surface area contributed by atoms with Crippen molar-refractivity contribution in [2.45, 2.75) is 30.9 Å². The van der Waals surface area contributed by atoms with Crippen molar-refractivity contribution < 1.29 is 5.11 Å². The van der Waals surface area contributed by atoms with Gasteiger partial charge in [-0.1, -0.05) is 23.7 Å². The van der Waals surface area contributed by atoms with E-state index in [9.17, 15) is 5.11 Å². The first-order chi connectivity index (χ1) is 12.6. The normalized spacial score (nSPS) is 27.9. The van der Waals surface area contributed by atoms with E-state index in [0.717, 1.165) is 42.5 Å². The molecule has 7 nitrogen and oxygen atoms in total. The Morgan fingerprint density at radius 2 is 2.00 bits per heavy atom. The highest BCUT2D eigenvalue weighted by Gasteiger charge is 2.31. The minimum Gasteiger partial charge on any atom is -0.393 e. The Balaban J connectivity index is 1.42. The zero-order valence-corrected chi connectivity index (χ0v) is 15.1. The summed E-state index contributed by atoms with van der Waals surface area (Å²) in [7, 11) is 0. The van der Waals surface area contributed by atoms with Crippen LogP contribution in [0.4, 0.5) is 11.8 Å². The Morgan fingerprint density at radius 3 is 2.73 bits per heavy atom. The Hall–Kier alpha value is -1.93. The zero-order chi connectivity index (χ0) is 18.1. The van der Waals surface area contributed by atoms with Gasteiger partial charge in [0.1, 0.15) is 5.82 Å². The van der Waals surface area contributed by atoms with E-state index in [1.54, 1.807) is 0 Å². The minimum atomic E-state index is -0.219. The van der Waals surface area contributed by atoms with E-state index in [2.05, 4.69) is 26.1 Å². The third-order valence-corrected chi connectivity index (χ3v) is 5.41. The molecule has 1 saturated heterocycles. The number of aromatic nitrogens is 2. The second-order valence-electron chi connectivity index (χ2n) is 7.05. The second-order valence-corrected chi connectivity index (χ2v) is 7.49. The molecular weight excluding hydrogens is 352 g/mol. The number of nitrogens with two attached hydrogens (primary N) is 1. The van der Waals surface area contributed by atoms with Gasteiger partial charge in [-0.2, -0.15) is 4.98 Å². The third kappa shape index (κ3) is 3.76. The molecule has 1 aromatic carbocycles. The molecule has 0 amide bonds. The van der Waals surface area contributed by atoms with Gasteiger partial charge in [-0.3, -0.25) is 5.43 Å². The molecule has 0 bridgehead atoms. The summed E-state index contributed by atoms with van der Waals surface area (Å²) in [6.45, 7) is 1.60. The number of hydrogen-bond acceptors (Lipinski definition) is 7. The average molecular weight is 375 g/mol. The van der Waals surface area contributed by atoms with Crippen molar-refractivity contribution >= 4 is 23.4 Å². The minimum absolute atomic E-state index is 0.195. The first-order valence-electron chi connectivity index (χ1n) is 8.88. The highest BCUT2D eigenvalue weighted by Crippen LogP contribution is 2.36. The predicted octanol–water partition coefficient (Wildman–Crippen LogP) is 1.83. The van der Waals surface area contributed by atoms with Crippen LogP contribution in [0.2, 0.25) is 5.02 Å². The highest BCUT2D eigenvalue weighted by molar-refractivity contribution is 6.30. The molecule has 6 N–H and O–H groups in total. The highest BCUT2D eigenvalue weighted by atomic mass is 35.5. The monoisotopic (exact) mass is 374 g/mol. The first kappa shape index (κ1) is 17.5.